The lowest BCUT2D eigenvalue weighted by atomic mass is 9.86. The summed E-state index contributed by atoms with van der Waals surface area (Å²) in [5, 5.41) is 0.829. The number of nitrogens with zero attached hydrogens (tertiary/aromatic N) is 2. The van der Waals surface area contributed by atoms with E-state index >= 15 is 0 Å². The second kappa shape index (κ2) is 15.5. The third kappa shape index (κ3) is 8.12. The Labute approximate surface area is 296 Å². The Hall–Kier alpha value is -4.31. The van der Waals surface area contributed by atoms with E-state index in [9.17, 15) is 9.59 Å². The number of H-pyrrole nitrogens is 1. The number of anilines is 1. The number of esters is 1. The molecule has 3 aliphatic rings. The van der Waals surface area contributed by atoms with E-state index in [1.54, 1.807) is 61.8 Å². The lowest BCUT2D eigenvalue weighted by molar-refractivity contribution is -0.377. The maximum atomic E-state index is 13.8. The van der Waals surface area contributed by atoms with E-state index in [0.717, 1.165) is 49.3 Å². The highest BCUT2D eigenvalue weighted by Crippen LogP contribution is 2.36. The van der Waals surface area contributed by atoms with Gasteiger partial charge >= 0.3 is 12.1 Å². The molecule has 0 radical (unpaired) electrons. The number of hydrogen-bond donors (Lipinski definition) is 0. The molecular formula is C38H40Cl2N3O6+. The molecular weight excluding hydrogens is 665 g/mol. The number of hydrogen-bond acceptors (Lipinski definition) is 7. The number of aromatic amines is 1. The third-order valence-electron chi connectivity index (χ3n) is 9.30. The van der Waals surface area contributed by atoms with Gasteiger partial charge in [0.1, 0.15) is 22.3 Å². The molecule has 1 aromatic heterocycles. The smallest absolute Gasteiger partial charge is 0.414 e. The van der Waals surface area contributed by atoms with Crippen LogP contribution in [0.3, 0.4) is 0 Å². The monoisotopic (exact) mass is 704 g/mol. The molecule has 9 nitrogen and oxygen atoms in total. The number of pyridine rings is 1. The molecule has 11 heteroatoms. The molecule has 3 aromatic carbocycles. The number of carbonyl (C=O) groups excluding carboxylic acids is 2. The molecule has 3 aliphatic heterocycles. The van der Waals surface area contributed by atoms with Crippen molar-refractivity contribution in [3.05, 3.63) is 117 Å². The molecule has 2 bridgehead atoms. The highest BCUT2D eigenvalue weighted by atomic mass is 35.5. The van der Waals surface area contributed by atoms with E-state index < -0.39 is 18.2 Å². The zero-order valence-corrected chi connectivity index (χ0v) is 29.3. The van der Waals surface area contributed by atoms with Crippen LogP contribution >= 0.6 is 23.2 Å². The maximum absolute atomic E-state index is 13.8. The molecule has 4 heterocycles. The molecule has 3 fully saturated rings. The number of rotatable bonds is 11. The van der Waals surface area contributed by atoms with Crippen molar-refractivity contribution in [2.24, 2.45) is 5.92 Å². The van der Waals surface area contributed by atoms with Crippen LogP contribution in [0, 0.1) is 12.8 Å². The Balaban J connectivity index is 1.25. The minimum Gasteiger partial charge on any atom is -0.493 e. The molecule has 2 atom stereocenters. The van der Waals surface area contributed by atoms with E-state index in [1.807, 2.05) is 43.3 Å². The molecule has 0 aliphatic carbocycles. The van der Waals surface area contributed by atoms with Crippen LogP contribution in [0.15, 0.2) is 79.1 Å². The average Bonchev–Trinajstić information content (AvgIpc) is 3.12. The Morgan fingerprint density at radius 2 is 1.67 bits per heavy atom. The zero-order chi connectivity index (χ0) is 34.5. The van der Waals surface area contributed by atoms with Gasteiger partial charge in [0, 0.05) is 24.2 Å². The van der Waals surface area contributed by atoms with Crippen molar-refractivity contribution in [2.45, 2.75) is 44.9 Å². The number of halogens is 2. The predicted molar refractivity (Wildman–Crippen MR) is 188 cm³/mol. The van der Waals surface area contributed by atoms with Gasteiger partial charge in [0.05, 0.1) is 26.3 Å². The molecule has 1 amide bonds. The van der Waals surface area contributed by atoms with Crippen LogP contribution < -0.4 is 19.4 Å². The van der Waals surface area contributed by atoms with Crippen molar-refractivity contribution >= 4 is 41.0 Å². The van der Waals surface area contributed by atoms with Gasteiger partial charge < -0.3 is 18.9 Å². The van der Waals surface area contributed by atoms with Gasteiger partial charge in [-0.25, -0.2) is 14.6 Å². The summed E-state index contributed by atoms with van der Waals surface area (Å²) in [5.41, 5.74) is 4.11. The van der Waals surface area contributed by atoms with Gasteiger partial charge in [0.2, 0.25) is 0 Å². The molecule has 0 saturated carbocycles. The Kier molecular flexibility index (Phi) is 10.9. The number of carbonyl (C=O) groups is 2. The van der Waals surface area contributed by atoms with Crippen molar-refractivity contribution in [2.75, 3.05) is 38.8 Å². The first-order valence-electron chi connectivity index (χ1n) is 16.4. The van der Waals surface area contributed by atoms with Crippen molar-refractivity contribution < 1.29 is 33.5 Å². The summed E-state index contributed by atoms with van der Waals surface area (Å²) in [6.45, 7) is 5.06. The second-order valence-electron chi connectivity index (χ2n) is 12.5. The van der Waals surface area contributed by atoms with E-state index in [4.69, 9.17) is 42.1 Å². The molecule has 49 heavy (non-hydrogen) atoms. The molecule has 0 unspecified atom stereocenters. The summed E-state index contributed by atoms with van der Waals surface area (Å²) in [7, 11) is 3.10. The second-order valence-corrected chi connectivity index (χ2v) is 13.3. The highest BCUT2D eigenvalue weighted by Gasteiger charge is 2.37. The van der Waals surface area contributed by atoms with Crippen molar-refractivity contribution in [1.82, 2.24) is 4.90 Å². The van der Waals surface area contributed by atoms with Gasteiger partial charge in [0.15, 0.2) is 23.9 Å². The van der Waals surface area contributed by atoms with Crippen LogP contribution in [0.2, 0.25) is 10.0 Å². The predicted octanol–water partition coefficient (Wildman–Crippen LogP) is 7.51. The molecule has 7 rings (SSSR count). The molecule has 3 saturated heterocycles. The number of piperidine rings is 3. The first-order valence-corrected chi connectivity index (χ1v) is 17.1. The number of ether oxygens (including phenoxy) is 4. The largest absolute Gasteiger partial charge is 0.493 e. The van der Waals surface area contributed by atoms with E-state index in [-0.39, 0.29) is 19.1 Å². The van der Waals surface area contributed by atoms with Gasteiger partial charge in [0.25, 0.3) is 0 Å². The topological polar surface area (TPSA) is 91.7 Å². The minimum atomic E-state index is -0.770. The van der Waals surface area contributed by atoms with Crippen LogP contribution in [0.5, 0.6) is 11.5 Å². The summed E-state index contributed by atoms with van der Waals surface area (Å²) in [5.74, 6) is 0.861. The lowest BCUT2D eigenvalue weighted by Crippen LogP contribution is -2.53. The molecule has 1 N–H and O–H groups in total. The van der Waals surface area contributed by atoms with Gasteiger partial charge in [-0.15, -0.1) is 0 Å². The molecule has 0 spiro atoms. The van der Waals surface area contributed by atoms with Crippen molar-refractivity contribution in [1.29, 1.82) is 0 Å². The number of aryl methyl sites for hydroxylation is 1. The Morgan fingerprint density at radius 3 is 2.35 bits per heavy atom. The van der Waals surface area contributed by atoms with Crippen LogP contribution in [0.1, 0.15) is 51.6 Å². The van der Waals surface area contributed by atoms with Crippen LogP contribution in [-0.2, 0) is 22.4 Å². The summed E-state index contributed by atoms with van der Waals surface area (Å²) in [6, 6.07) is 20.2. The van der Waals surface area contributed by atoms with Crippen molar-refractivity contribution in [3.63, 3.8) is 0 Å². The Morgan fingerprint density at radius 1 is 0.939 bits per heavy atom. The quantitative estimate of drug-likeness (QED) is 0.149. The standard InChI is InChI=1S/C38H39Cl2N3O6/c1-24-6-4-9-29(16-24)43(38(45)49-36-23-42-14-12-26(36)13-15-42)22-25-7-5-8-28(17-25)37(44)48-34(19-30-31(39)20-41-21-32(30)40)27-10-11-33(46-2)35(18-27)47-3/h4-11,16-18,20-21,26,34,36H,12-15,19,22-23H2,1-3H3/p+1/t34-,36-/m0/s1. The summed E-state index contributed by atoms with van der Waals surface area (Å²) in [6.07, 6.45) is 4.23. The number of benzene rings is 3. The molecule has 256 valence electrons. The summed E-state index contributed by atoms with van der Waals surface area (Å²) < 4.78 is 23.3. The fourth-order valence-electron chi connectivity index (χ4n) is 6.61. The van der Waals surface area contributed by atoms with Crippen LogP contribution in [-0.4, -0.2) is 56.9 Å². The summed E-state index contributed by atoms with van der Waals surface area (Å²) >= 11 is 13.0. The van der Waals surface area contributed by atoms with Gasteiger partial charge in [-0.05, 0) is 91.9 Å². The number of nitrogens with one attached hydrogen (secondary N) is 1. The third-order valence-corrected chi connectivity index (χ3v) is 9.97. The SMILES string of the molecule is COc1ccc([C@H](Cc2c(Cl)c[nH+]cc2Cl)OC(=O)c2cccc(CN(C(=O)O[C@H]3CN4CCC3CC4)c3cccc(C)c3)c2)cc1OC. The first-order chi connectivity index (χ1) is 23.7. The summed E-state index contributed by atoms with van der Waals surface area (Å²) in [4.78, 5) is 34.5. The van der Waals surface area contributed by atoms with Gasteiger partial charge in [-0.3, -0.25) is 9.80 Å². The number of methoxy groups -OCH3 is 2. The first kappa shape index (κ1) is 34.5. The number of fused-ring (bicyclic) bond motifs is 3. The molecule has 4 aromatic rings. The van der Waals surface area contributed by atoms with Crippen LogP contribution in [0.4, 0.5) is 10.5 Å². The number of aromatic nitrogens is 1. The fraction of sp³-hybridized carbons (Fsp3) is 0.342. The van der Waals surface area contributed by atoms with E-state index in [2.05, 4.69) is 9.88 Å². The minimum absolute atomic E-state index is 0.137. The lowest BCUT2D eigenvalue weighted by Gasteiger charge is -2.44. The normalized spacial score (nSPS) is 18.8. The van der Waals surface area contributed by atoms with Gasteiger partial charge in [-0.2, -0.15) is 0 Å². The zero-order valence-electron chi connectivity index (χ0n) is 27.8. The number of amides is 1. The van der Waals surface area contributed by atoms with Crippen LogP contribution in [0.25, 0.3) is 0 Å². The van der Waals surface area contributed by atoms with E-state index in [1.165, 1.54) is 0 Å². The van der Waals surface area contributed by atoms with Crippen molar-refractivity contribution in [3.8, 4) is 11.5 Å². The average molecular weight is 706 g/mol. The Bertz CT molecular complexity index is 1790. The van der Waals surface area contributed by atoms with E-state index in [0.29, 0.717) is 44.2 Å². The highest BCUT2D eigenvalue weighted by molar-refractivity contribution is 6.35. The maximum Gasteiger partial charge on any atom is 0.414 e. The fourth-order valence-corrected chi connectivity index (χ4v) is 7.14. The van der Waals surface area contributed by atoms with Gasteiger partial charge in [-0.1, -0.05) is 53.5 Å².